The number of rotatable bonds is 5. The van der Waals surface area contributed by atoms with Gasteiger partial charge in [-0.3, -0.25) is 4.98 Å². The molecular weight excluding hydrogens is 298 g/mol. The molecule has 0 saturated carbocycles. The topological polar surface area (TPSA) is 62.7 Å². The van der Waals surface area contributed by atoms with Gasteiger partial charge >= 0.3 is 0 Å². The Kier molecular flexibility index (Phi) is 3.90. The number of hydrogen-bond acceptors (Lipinski definition) is 5. The van der Waals surface area contributed by atoms with Gasteiger partial charge < -0.3 is 10.6 Å². The highest BCUT2D eigenvalue weighted by Gasteiger charge is 1.99. The van der Waals surface area contributed by atoms with Crippen molar-refractivity contribution >= 4 is 33.6 Å². The molecule has 0 fully saturated rings. The van der Waals surface area contributed by atoms with Crippen LogP contribution in [0.3, 0.4) is 0 Å². The number of anilines is 2. The average molecular weight is 315 g/mol. The van der Waals surface area contributed by atoms with Gasteiger partial charge in [-0.25, -0.2) is 9.97 Å². The number of para-hydroxylation sites is 3. The van der Waals surface area contributed by atoms with Crippen LogP contribution in [-0.2, 0) is 0 Å². The second kappa shape index (κ2) is 6.50. The van der Waals surface area contributed by atoms with Crippen LogP contribution in [0.5, 0.6) is 0 Å². The molecule has 0 spiro atoms. The maximum atomic E-state index is 4.59. The van der Waals surface area contributed by atoms with E-state index in [9.17, 15) is 0 Å². The largest absolute Gasteiger partial charge is 0.368 e. The van der Waals surface area contributed by atoms with Crippen LogP contribution in [0.2, 0.25) is 0 Å². The van der Waals surface area contributed by atoms with Gasteiger partial charge in [-0.1, -0.05) is 30.3 Å². The summed E-state index contributed by atoms with van der Waals surface area (Å²) in [5, 5.41) is 7.75. The molecule has 24 heavy (non-hydrogen) atoms. The second-order valence-electron chi connectivity index (χ2n) is 5.49. The van der Waals surface area contributed by atoms with Crippen LogP contribution in [-0.4, -0.2) is 28.0 Å². The lowest BCUT2D eigenvalue weighted by atomic mass is 10.2. The lowest BCUT2D eigenvalue weighted by Gasteiger charge is -2.09. The lowest BCUT2D eigenvalue weighted by molar-refractivity contribution is 1.05. The van der Waals surface area contributed by atoms with Crippen LogP contribution >= 0.6 is 0 Å². The van der Waals surface area contributed by atoms with E-state index in [4.69, 9.17) is 0 Å². The first kappa shape index (κ1) is 14.4. The Morgan fingerprint density at radius 3 is 2.17 bits per heavy atom. The van der Waals surface area contributed by atoms with Gasteiger partial charge in [-0.15, -0.1) is 0 Å². The Morgan fingerprint density at radius 2 is 1.29 bits per heavy atom. The van der Waals surface area contributed by atoms with Gasteiger partial charge in [0.1, 0.15) is 11.6 Å². The minimum Gasteiger partial charge on any atom is -0.368 e. The van der Waals surface area contributed by atoms with Crippen molar-refractivity contribution in [3.63, 3.8) is 0 Å². The zero-order valence-electron chi connectivity index (χ0n) is 13.1. The molecule has 0 bridgehead atoms. The van der Waals surface area contributed by atoms with Crippen molar-refractivity contribution in [3.05, 3.63) is 66.9 Å². The number of fused-ring (bicyclic) bond motifs is 2. The van der Waals surface area contributed by atoms with E-state index in [1.54, 1.807) is 6.20 Å². The highest BCUT2D eigenvalue weighted by atomic mass is 15.1. The van der Waals surface area contributed by atoms with Crippen molar-refractivity contribution in [1.82, 2.24) is 15.0 Å². The second-order valence-corrected chi connectivity index (χ2v) is 5.49. The van der Waals surface area contributed by atoms with Crippen LogP contribution in [0.4, 0.5) is 11.6 Å². The van der Waals surface area contributed by atoms with Crippen molar-refractivity contribution in [3.8, 4) is 0 Å². The van der Waals surface area contributed by atoms with E-state index in [0.29, 0.717) is 0 Å². The van der Waals surface area contributed by atoms with E-state index >= 15 is 0 Å². The third-order valence-corrected chi connectivity index (χ3v) is 3.78. The van der Waals surface area contributed by atoms with E-state index in [1.807, 2.05) is 48.5 Å². The summed E-state index contributed by atoms with van der Waals surface area (Å²) >= 11 is 0. The SMILES string of the molecule is c1ccc2nc(NCCNc3cnc4ccccc4n3)ccc2c1. The summed E-state index contributed by atoms with van der Waals surface area (Å²) in [5.41, 5.74) is 2.80. The summed E-state index contributed by atoms with van der Waals surface area (Å²) in [6.45, 7) is 1.49. The monoisotopic (exact) mass is 315 g/mol. The van der Waals surface area contributed by atoms with Crippen molar-refractivity contribution in [2.45, 2.75) is 0 Å². The van der Waals surface area contributed by atoms with Crippen LogP contribution in [0.25, 0.3) is 21.9 Å². The highest BCUT2D eigenvalue weighted by Crippen LogP contribution is 2.14. The zero-order valence-corrected chi connectivity index (χ0v) is 13.1. The molecule has 2 heterocycles. The molecule has 4 rings (SSSR count). The van der Waals surface area contributed by atoms with E-state index in [1.165, 1.54) is 0 Å². The quantitative estimate of drug-likeness (QED) is 0.550. The van der Waals surface area contributed by atoms with Gasteiger partial charge in [0.25, 0.3) is 0 Å². The van der Waals surface area contributed by atoms with Crippen LogP contribution in [0, 0.1) is 0 Å². The first-order valence-electron chi connectivity index (χ1n) is 7.94. The van der Waals surface area contributed by atoms with E-state index < -0.39 is 0 Å². The highest BCUT2D eigenvalue weighted by molar-refractivity contribution is 5.80. The Bertz CT molecular complexity index is 902. The molecule has 2 N–H and O–H groups in total. The third kappa shape index (κ3) is 3.10. The van der Waals surface area contributed by atoms with Crippen LogP contribution < -0.4 is 10.6 Å². The van der Waals surface area contributed by atoms with Crippen molar-refractivity contribution in [2.24, 2.45) is 0 Å². The number of benzene rings is 2. The number of nitrogens with zero attached hydrogens (tertiary/aromatic N) is 3. The third-order valence-electron chi connectivity index (χ3n) is 3.78. The molecule has 0 amide bonds. The minimum absolute atomic E-state index is 0.738. The van der Waals surface area contributed by atoms with Gasteiger partial charge in [-0.05, 0) is 30.3 Å². The molecule has 0 radical (unpaired) electrons. The maximum Gasteiger partial charge on any atom is 0.145 e. The standard InChI is InChI=1S/C19H17N5/c1-2-6-15-14(5-1)9-10-18(23-15)20-11-12-21-19-13-22-16-7-3-4-8-17(16)24-19/h1-10,13H,11-12H2,(H,20,23)(H,21,24). The molecule has 2 aromatic heterocycles. The Labute approximate surface area is 139 Å². The minimum atomic E-state index is 0.738. The molecule has 2 aromatic carbocycles. The van der Waals surface area contributed by atoms with Crippen molar-refractivity contribution < 1.29 is 0 Å². The molecular formula is C19H17N5. The molecule has 0 aliphatic heterocycles. The Morgan fingerprint density at radius 1 is 0.625 bits per heavy atom. The zero-order chi connectivity index (χ0) is 16.2. The molecule has 0 unspecified atom stereocenters. The summed E-state index contributed by atoms with van der Waals surface area (Å²) in [5.74, 6) is 1.65. The molecule has 0 aliphatic rings. The van der Waals surface area contributed by atoms with E-state index in [-0.39, 0.29) is 0 Å². The maximum absolute atomic E-state index is 4.59. The van der Waals surface area contributed by atoms with E-state index in [2.05, 4.69) is 37.7 Å². The van der Waals surface area contributed by atoms with Gasteiger partial charge in [0, 0.05) is 18.5 Å². The van der Waals surface area contributed by atoms with Gasteiger partial charge in [-0.2, -0.15) is 0 Å². The fraction of sp³-hybridized carbons (Fsp3) is 0.105. The smallest absolute Gasteiger partial charge is 0.145 e. The fourth-order valence-electron chi connectivity index (χ4n) is 2.59. The first-order chi connectivity index (χ1) is 11.9. The van der Waals surface area contributed by atoms with Crippen LogP contribution in [0.1, 0.15) is 0 Å². The molecule has 118 valence electrons. The molecule has 0 aliphatic carbocycles. The summed E-state index contributed by atoms with van der Waals surface area (Å²) in [6.07, 6.45) is 1.76. The summed E-state index contributed by atoms with van der Waals surface area (Å²) in [6, 6.07) is 20.0. The number of pyridine rings is 1. The molecule has 0 atom stereocenters. The number of nitrogens with one attached hydrogen (secondary N) is 2. The van der Waals surface area contributed by atoms with Gasteiger partial charge in [0.2, 0.25) is 0 Å². The molecule has 0 saturated heterocycles. The predicted octanol–water partition coefficient (Wildman–Crippen LogP) is 3.70. The summed E-state index contributed by atoms with van der Waals surface area (Å²) in [7, 11) is 0. The first-order valence-corrected chi connectivity index (χ1v) is 7.94. The average Bonchev–Trinajstić information content (AvgIpc) is 2.65. The fourth-order valence-corrected chi connectivity index (χ4v) is 2.59. The number of aromatic nitrogens is 3. The van der Waals surface area contributed by atoms with E-state index in [0.717, 1.165) is 46.7 Å². The molecule has 5 heteroatoms. The Hall–Kier alpha value is -3.21. The lowest BCUT2D eigenvalue weighted by Crippen LogP contribution is -2.15. The number of hydrogen-bond donors (Lipinski definition) is 2. The van der Waals surface area contributed by atoms with Gasteiger partial charge in [0.15, 0.2) is 0 Å². The van der Waals surface area contributed by atoms with Gasteiger partial charge in [0.05, 0.1) is 22.7 Å². The van der Waals surface area contributed by atoms with Crippen molar-refractivity contribution in [1.29, 1.82) is 0 Å². The summed E-state index contributed by atoms with van der Waals surface area (Å²) < 4.78 is 0. The van der Waals surface area contributed by atoms with Crippen molar-refractivity contribution in [2.75, 3.05) is 23.7 Å². The molecule has 5 nitrogen and oxygen atoms in total. The summed E-state index contributed by atoms with van der Waals surface area (Å²) in [4.78, 5) is 13.5. The molecule has 4 aromatic rings. The normalized spacial score (nSPS) is 10.8. The van der Waals surface area contributed by atoms with Crippen LogP contribution in [0.15, 0.2) is 66.9 Å². The predicted molar refractivity (Wildman–Crippen MR) is 98.3 cm³/mol. The Balaban J connectivity index is 1.36.